The number of anilines is 1. The second-order valence-corrected chi connectivity index (χ2v) is 11.6. The zero-order valence-corrected chi connectivity index (χ0v) is 21.6. The summed E-state index contributed by atoms with van der Waals surface area (Å²) >= 11 is 7.36. The third-order valence-corrected chi connectivity index (χ3v) is 9.17. The van der Waals surface area contributed by atoms with E-state index < -0.39 is 33.9 Å². The molecule has 3 atom stereocenters. The first kappa shape index (κ1) is 26.1. The predicted octanol–water partition coefficient (Wildman–Crippen LogP) is 0.0587. The molecule has 2 amide bonds. The van der Waals surface area contributed by atoms with Crippen molar-refractivity contribution in [2.45, 2.75) is 27.6 Å². The van der Waals surface area contributed by atoms with Gasteiger partial charge in [-0.15, -0.1) is 47.5 Å². The number of hydrogen-bond acceptors (Lipinski definition) is 12. The number of thiol groups is 1. The van der Waals surface area contributed by atoms with E-state index in [0.717, 1.165) is 23.1 Å². The van der Waals surface area contributed by atoms with Crippen molar-refractivity contribution in [3.63, 3.8) is 0 Å². The minimum atomic E-state index is -1.31. The summed E-state index contributed by atoms with van der Waals surface area (Å²) < 4.78 is -1.31. The van der Waals surface area contributed by atoms with Gasteiger partial charge in [-0.3, -0.25) is 24.4 Å². The van der Waals surface area contributed by atoms with Crippen LogP contribution in [0.4, 0.5) is 5.13 Å². The molecular weight excluding hydrogens is 549 g/mol. The van der Waals surface area contributed by atoms with Crippen LogP contribution < -0.4 is 16.8 Å². The van der Waals surface area contributed by atoms with E-state index in [2.05, 4.69) is 38.1 Å². The molecule has 2 aliphatic rings. The molecule has 2 aliphatic heterocycles. The maximum absolute atomic E-state index is 12.9. The fourth-order valence-electron chi connectivity index (χ4n) is 3.60. The highest BCUT2D eigenvalue weighted by Crippen LogP contribution is 2.46. The van der Waals surface area contributed by atoms with Gasteiger partial charge in [0.15, 0.2) is 16.0 Å². The van der Waals surface area contributed by atoms with Gasteiger partial charge in [-0.2, -0.15) is 0 Å². The lowest BCUT2D eigenvalue weighted by atomic mass is 10.0. The van der Waals surface area contributed by atoms with Gasteiger partial charge in [0.2, 0.25) is 5.91 Å². The summed E-state index contributed by atoms with van der Waals surface area (Å²) in [5, 5.41) is 26.2. The molecule has 0 bridgehead atoms. The molecule has 2 aromatic heterocycles. The van der Waals surface area contributed by atoms with Gasteiger partial charge < -0.3 is 32.0 Å². The number of hydrogen-bond donors (Lipinski definition) is 6. The van der Waals surface area contributed by atoms with Gasteiger partial charge in [0.05, 0.1) is 12.2 Å². The van der Waals surface area contributed by atoms with E-state index in [1.807, 2.05) is 0 Å². The normalized spacial score (nSPS) is 24.1. The topological polar surface area (TPSA) is 209 Å². The van der Waals surface area contributed by atoms with Crippen LogP contribution in [0.15, 0.2) is 38.8 Å². The maximum Gasteiger partial charge on any atom is 0.322 e. The fourth-order valence-corrected chi connectivity index (χ4v) is 7.11. The van der Waals surface area contributed by atoms with Crippen molar-refractivity contribution in [1.82, 2.24) is 20.2 Å². The number of oxime groups is 1. The van der Waals surface area contributed by atoms with E-state index in [1.165, 1.54) is 22.0 Å². The molecule has 7 N–H and O–H groups in total. The number of aliphatic carboxylic acids is 1. The largest absolute Gasteiger partial charge is 0.480 e. The molecule has 0 aliphatic carbocycles. The Bertz CT molecular complexity index is 1270. The number of aliphatic imine (C=N–C) groups is 1. The average molecular weight is 569 g/mol. The Kier molecular flexibility index (Phi) is 7.62. The van der Waals surface area contributed by atoms with E-state index in [1.54, 1.807) is 18.3 Å². The van der Waals surface area contributed by atoms with E-state index in [-0.39, 0.29) is 40.5 Å². The van der Waals surface area contributed by atoms with Crippen LogP contribution in [0.5, 0.6) is 0 Å². The Balaban J connectivity index is 1.45. The molecule has 0 radical (unpaired) electrons. The minimum absolute atomic E-state index is 0.0567. The maximum atomic E-state index is 12.9. The Morgan fingerprint density at radius 1 is 1.44 bits per heavy atom. The number of fused-ring (bicyclic) bond motifs is 1. The lowest BCUT2D eigenvalue weighted by Crippen LogP contribution is -2.74. The van der Waals surface area contributed by atoms with Gasteiger partial charge in [-0.25, -0.2) is 4.98 Å². The first-order valence-corrected chi connectivity index (χ1v) is 13.4. The highest BCUT2D eigenvalue weighted by molar-refractivity contribution is 8.05. The number of amides is 2. The van der Waals surface area contributed by atoms with Crippen molar-refractivity contribution in [2.24, 2.45) is 15.9 Å². The molecule has 0 spiro atoms. The summed E-state index contributed by atoms with van der Waals surface area (Å²) in [7, 11) is 0. The van der Waals surface area contributed by atoms with Crippen LogP contribution in [0.2, 0.25) is 0 Å². The quantitative estimate of drug-likeness (QED) is 0.0626. The minimum Gasteiger partial charge on any atom is -0.480 e. The molecule has 13 nitrogen and oxygen atoms in total. The number of rotatable bonds is 8. The van der Waals surface area contributed by atoms with Crippen molar-refractivity contribution in [1.29, 1.82) is 0 Å². The molecule has 17 heteroatoms. The second kappa shape index (κ2) is 10.5. The lowest BCUT2D eigenvalue weighted by molar-refractivity contribution is -0.151. The van der Waals surface area contributed by atoms with Crippen LogP contribution in [0.25, 0.3) is 0 Å². The first-order chi connectivity index (χ1) is 17.1. The molecule has 4 rings (SSSR count). The number of nitrogens with one attached hydrogen (secondary N) is 1. The molecule has 0 aromatic carbocycles. The van der Waals surface area contributed by atoms with Crippen molar-refractivity contribution < 1.29 is 24.7 Å². The van der Waals surface area contributed by atoms with Crippen LogP contribution >= 0.6 is 47.5 Å². The van der Waals surface area contributed by atoms with E-state index >= 15 is 0 Å². The third kappa shape index (κ3) is 5.23. The highest BCUT2D eigenvalue weighted by Gasteiger charge is 2.58. The number of thioether (sulfide) groups is 2. The highest BCUT2D eigenvalue weighted by atomic mass is 32.2. The van der Waals surface area contributed by atoms with Crippen LogP contribution in [-0.4, -0.2) is 82.3 Å². The van der Waals surface area contributed by atoms with Gasteiger partial charge in [0.25, 0.3) is 5.91 Å². The SMILES string of the molecule is NC(S)=NCc1cc(SC2(C(=O)O)CS[C@@H]3[C@H](NC(=O)C(=NO)c4csc(N)n4)C(=O)N3C2)ccn1. The number of thiazole rings is 1. The van der Waals surface area contributed by atoms with Gasteiger partial charge in [-0.1, -0.05) is 5.16 Å². The zero-order chi connectivity index (χ0) is 26.0. The van der Waals surface area contributed by atoms with Crippen molar-refractivity contribution in [2.75, 3.05) is 18.0 Å². The number of nitrogens with zero attached hydrogens (tertiary/aromatic N) is 5. The number of carbonyl (C=O) groups excluding carboxylic acids is 2. The third-order valence-electron chi connectivity index (χ3n) is 5.31. The number of aromatic nitrogens is 2. The molecule has 4 heterocycles. The lowest BCUT2D eigenvalue weighted by Gasteiger charge is -2.53. The molecule has 1 unspecified atom stereocenters. The average Bonchev–Trinajstić information content (AvgIpc) is 3.27. The molecule has 2 aromatic rings. The first-order valence-electron chi connectivity index (χ1n) is 10.2. The van der Waals surface area contributed by atoms with Gasteiger partial charge in [0.1, 0.15) is 21.9 Å². The molecular formula is C19H20N8O5S4. The van der Waals surface area contributed by atoms with Gasteiger partial charge >= 0.3 is 5.97 Å². The monoisotopic (exact) mass is 568 g/mol. The molecule has 36 heavy (non-hydrogen) atoms. The van der Waals surface area contributed by atoms with Crippen molar-refractivity contribution >= 4 is 81.3 Å². The molecule has 2 saturated heterocycles. The summed E-state index contributed by atoms with van der Waals surface area (Å²) in [5.41, 5.74) is 11.3. The number of pyridine rings is 1. The summed E-state index contributed by atoms with van der Waals surface area (Å²) in [4.78, 5) is 52.0. The van der Waals surface area contributed by atoms with E-state index in [9.17, 15) is 24.7 Å². The predicted molar refractivity (Wildman–Crippen MR) is 140 cm³/mol. The second-order valence-electron chi connectivity index (χ2n) is 7.70. The fraction of sp³-hybridized carbons (Fsp3) is 0.316. The van der Waals surface area contributed by atoms with Crippen LogP contribution in [0.3, 0.4) is 0 Å². The van der Waals surface area contributed by atoms with Gasteiger partial charge in [0, 0.05) is 28.8 Å². The van der Waals surface area contributed by atoms with Gasteiger partial charge in [-0.05, 0) is 12.1 Å². The Morgan fingerprint density at radius 3 is 2.86 bits per heavy atom. The smallest absolute Gasteiger partial charge is 0.322 e. The Hall–Kier alpha value is -3.02. The summed E-state index contributed by atoms with van der Waals surface area (Å²) in [6.07, 6.45) is 1.55. The Morgan fingerprint density at radius 2 is 2.22 bits per heavy atom. The number of carbonyl (C=O) groups is 3. The molecule has 2 fully saturated rings. The van der Waals surface area contributed by atoms with Crippen molar-refractivity contribution in [3.8, 4) is 0 Å². The number of β-lactam (4-membered cyclic amide) rings is 1. The standard InChI is InChI=1S/C19H20N8O5S4/c20-17(33)23-4-8-3-9(1-2-22-8)36-19(16(30)31)6-27-14(29)12(15(27)35-7-19)25-13(28)11(26-32)10-5-34-18(21)24-10/h1-3,5,12,15,32H,4,6-7H2,(H2,21,24)(H,25,28)(H,30,31)(H3,20,23,33)/t12-,15-,19?/m1/s1. The number of amidine groups is 1. The zero-order valence-electron chi connectivity index (χ0n) is 18.3. The molecule has 190 valence electrons. The van der Waals surface area contributed by atoms with Crippen LogP contribution in [0, 0.1) is 0 Å². The van der Waals surface area contributed by atoms with Crippen LogP contribution in [-0.2, 0) is 20.9 Å². The van der Waals surface area contributed by atoms with Crippen LogP contribution in [0.1, 0.15) is 11.4 Å². The molecule has 0 saturated carbocycles. The Labute approximate surface area is 222 Å². The number of carboxylic acid groups (broad SMARTS) is 1. The van der Waals surface area contributed by atoms with Crippen molar-refractivity contribution in [3.05, 3.63) is 35.1 Å². The summed E-state index contributed by atoms with van der Waals surface area (Å²) in [6.45, 7) is 0.137. The number of nitrogens with two attached hydrogens (primary N) is 2. The number of carboxylic acids is 1. The summed E-state index contributed by atoms with van der Waals surface area (Å²) in [5.74, 6) is -2.11. The summed E-state index contributed by atoms with van der Waals surface area (Å²) in [6, 6.07) is 2.50. The van der Waals surface area contributed by atoms with E-state index in [0.29, 0.717) is 10.6 Å². The number of nitrogen functional groups attached to an aromatic ring is 1. The van der Waals surface area contributed by atoms with E-state index in [4.69, 9.17) is 11.5 Å².